The van der Waals surface area contributed by atoms with Crippen molar-refractivity contribution in [1.82, 2.24) is 10.2 Å². The summed E-state index contributed by atoms with van der Waals surface area (Å²) < 4.78 is 11.1. The molecule has 0 saturated carbocycles. The maximum Gasteiger partial charge on any atom is 0.277 e. The van der Waals surface area contributed by atoms with Crippen molar-refractivity contribution in [3.05, 3.63) is 59.7 Å². The van der Waals surface area contributed by atoms with Crippen molar-refractivity contribution in [3.8, 4) is 17.2 Å². The highest BCUT2D eigenvalue weighted by Crippen LogP contribution is 2.29. The van der Waals surface area contributed by atoms with Crippen molar-refractivity contribution >= 4 is 17.5 Å². The first-order chi connectivity index (χ1) is 12.6. The van der Waals surface area contributed by atoms with E-state index in [0.717, 1.165) is 16.9 Å². The van der Waals surface area contributed by atoms with E-state index in [-0.39, 0.29) is 11.0 Å². The minimum Gasteiger partial charge on any atom is -0.494 e. The quantitative estimate of drug-likeness (QED) is 0.440. The third-order valence-corrected chi connectivity index (χ3v) is 4.81. The van der Waals surface area contributed by atoms with Gasteiger partial charge in [-0.05, 0) is 56.7 Å². The predicted octanol–water partition coefficient (Wildman–Crippen LogP) is 4.81. The van der Waals surface area contributed by atoms with Gasteiger partial charge in [0.1, 0.15) is 5.75 Å². The minimum absolute atomic E-state index is 0.00805. The number of thioether (sulfide) groups is 1. The number of carbonyl (C=O) groups excluding carboxylic acids is 1. The highest BCUT2D eigenvalue weighted by molar-refractivity contribution is 8.00. The molecule has 6 heteroatoms. The Hall–Kier alpha value is -2.60. The Morgan fingerprint density at radius 3 is 2.58 bits per heavy atom. The average Bonchev–Trinajstić information content (AvgIpc) is 3.10. The lowest BCUT2D eigenvalue weighted by molar-refractivity contribution is 0.0993. The number of hydrogen-bond donors (Lipinski definition) is 0. The lowest BCUT2D eigenvalue weighted by Crippen LogP contribution is -2.13. The molecule has 0 radical (unpaired) electrons. The standard InChI is InChI=1S/C20H20N2O3S/c1-4-24-16-11-9-15(10-12-16)18(23)14(3)26-20-22-21-19(25-20)17-8-6-5-7-13(17)2/h5-12,14H,4H2,1-3H3/t14-/m0/s1. The minimum atomic E-state index is -0.335. The van der Waals surface area contributed by atoms with Crippen LogP contribution in [0, 0.1) is 6.92 Å². The van der Waals surface area contributed by atoms with E-state index in [4.69, 9.17) is 9.15 Å². The number of benzene rings is 2. The van der Waals surface area contributed by atoms with Gasteiger partial charge in [-0.1, -0.05) is 30.0 Å². The molecule has 1 aromatic heterocycles. The molecule has 0 aliphatic heterocycles. The van der Waals surface area contributed by atoms with Gasteiger partial charge < -0.3 is 9.15 Å². The van der Waals surface area contributed by atoms with Crippen molar-refractivity contribution in [2.75, 3.05) is 6.61 Å². The topological polar surface area (TPSA) is 65.2 Å². The van der Waals surface area contributed by atoms with E-state index in [1.54, 1.807) is 24.3 Å². The van der Waals surface area contributed by atoms with Gasteiger partial charge in [-0.25, -0.2) is 0 Å². The zero-order valence-corrected chi connectivity index (χ0v) is 15.7. The summed E-state index contributed by atoms with van der Waals surface area (Å²) in [5.74, 6) is 1.23. The summed E-state index contributed by atoms with van der Waals surface area (Å²) in [5, 5.41) is 8.21. The van der Waals surface area contributed by atoms with Crippen LogP contribution in [0.5, 0.6) is 5.75 Å². The van der Waals surface area contributed by atoms with Crippen molar-refractivity contribution in [3.63, 3.8) is 0 Å². The lowest BCUT2D eigenvalue weighted by atomic mass is 10.1. The highest BCUT2D eigenvalue weighted by Gasteiger charge is 2.20. The van der Waals surface area contributed by atoms with E-state index in [0.29, 0.717) is 23.3 Å². The first-order valence-electron chi connectivity index (χ1n) is 8.41. The van der Waals surface area contributed by atoms with Crippen molar-refractivity contribution in [2.45, 2.75) is 31.2 Å². The summed E-state index contributed by atoms with van der Waals surface area (Å²) in [7, 11) is 0. The van der Waals surface area contributed by atoms with Gasteiger partial charge in [-0.3, -0.25) is 4.79 Å². The Labute approximate surface area is 156 Å². The largest absolute Gasteiger partial charge is 0.494 e. The number of hydrogen-bond acceptors (Lipinski definition) is 6. The van der Waals surface area contributed by atoms with Crippen LogP contribution in [0.1, 0.15) is 29.8 Å². The van der Waals surface area contributed by atoms with Gasteiger partial charge in [-0.15, -0.1) is 10.2 Å². The van der Waals surface area contributed by atoms with E-state index in [2.05, 4.69) is 10.2 Å². The van der Waals surface area contributed by atoms with Crippen LogP contribution in [-0.4, -0.2) is 27.8 Å². The van der Waals surface area contributed by atoms with Crippen LogP contribution in [0.4, 0.5) is 0 Å². The van der Waals surface area contributed by atoms with Crippen LogP contribution in [-0.2, 0) is 0 Å². The van der Waals surface area contributed by atoms with E-state index in [1.807, 2.05) is 45.0 Å². The van der Waals surface area contributed by atoms with E-state index >= 15 is 0 Å². The molecule has 0 fully saturated rings. The number of carbonyl (C=O) groups is 1. The summed E-state index contributed by atoms with van der Waals surface area (Å²) >= 11 is 1.26. The van der Waals surface area contributed by atoms with E-state index < -0.39 is 0 Å². The number of Topliss-reactive ketones (excluding diaryl/α,β-unsaturated/α-hetero) is 1. The maximum atomic E-state index is 12.6. The second-order valence-corrected chi connectivity index (χ2v) is 7.06. The monoisotopic (exact) mass is 368 g/mol. The second kappa shape index (κ2) is 8.19. The SMILES string of the molecule is CCOc1ccc(C(=O)[C@H](C)Sc2nnc(-c3ccccc3C)o2)cc1. The van der Waals surface area contributed by atoms with Gasteiger partial charge >= 0.3 is 0 Å². The second-order valence-electron chi connectivity index (χ2n) is 5.77. The fourth-order valence-corrected chi connectivity index (χ4v) is 3.26. The molecule has 1 heterocycles. The molecule has 5 nitrogen and oxygen atoms in total. The molecule has 1 atom stereocenters. The first kappa shape index (κ1) is 18.2. The molecule has 0 spiro atoms. The van der Waals surface area contributed by atoms with E-state index in [1.165, 1.54) is 11.8 Å². The lowest BCUT2D eigenvalue weighted by Gasteiger charge is -2.08. The zero-order valence-electron chi connectivity index (χ0n) is 14.9. The normalized spacial score (nSPS) is 12.0. The molecular weight excluding hydrogens is 348 g/mol. The van der Waals surface area contributed by atoms with Crippen LogP contribution in [0.2, 0.25) is 0 Å². The fourth-order valence-electron chi connectivity index (χ4n) is 2.50. The van der Waals surface area contributed by atoms with Gasteiger partial charge in [0.15, 0.2) is 5.78 Å². The molecule has 0 aliphatic carbocycles. The van der Waals surface area contributed by atoms with Crippen LogP contribution in [0.3, 0.4) is 0 Å². The Morgan fingerprint density at radius 2 is 1.88 bits per heavy atom. The molecule has 0 aliphatic rings. The molecule has 3 aromatic rings. The summed E-state index contributed by atoms with van der Waals surface area (Å²) in [4.78, 5) is 12.6. The first-order valence-corrected chi connectivity index (χ1v) is 9.29. The van der Waals surface area contributed by atoms with Gasteiger partial charge in [0.05, 0.1) is 11.9 Å². The number of aromatic nitrogens is 2. The van der Waals surface area contributed by atoms with Crippen LogP contribution in [0.25, 0.3) is 11.5 Å². The van der Waals surface area contributed by atoms with Gasteiger partial charge in [-0.2, -0.15) is 0 Å². The summed E-state index contributed by atoms with van der Waals surface area (Å²) in [6, 6.07) is 15.0. The Morgan fingerprint density at radius 1 is 1.15 bits per heavy atom. The number of nitrogens with zero attached hydrogens (tertiary/aromatic N) is 2. The van der Waals surface area contributed by atoms with Crippen LogP contribution in [0.15, 0.2) is 58.2 Å². The van der Waals surface area contributed by atoms with Crippen molar-refractivity contribution in [2.24, 2.45) is 0 Å². The van der Waals surface area contributed by atoms with Gasteiger partial charge in [0.25, 0.3) is 5.22 Å². The Kier molecular flexibility index (Phi) is 5.73. The summed E-state index contributed by atoms with van der Waals surface area (Å²) in [6.45, 7) is 6.35. The third-order valence-electron chi connectivity index (χ3n) is 3.88. The van der Waals surface area contributed by atoms with Gasteiger partial charge in [0, 0.05) is 11.1 Å². The molecule has 0 N–H and O–H groups in total. The third kappa shape index (κ3) is 4.14. The summed E-state index contributed by atoms with van der Waals surface area (Å²) in [5.41, 5.74) is 2.59. The number of ether oxygens (including phenoxy) is 1. The molecule has 26 heavy (non-hydrogen) atoms. The molecule has 0 saturated heterocycles. The molecular formula is C20H20N2O3S. The van der Waals surface area contributed by atoms with Crippen molar-refractivity contribution in [1.29, 1.82) is 0 Å². The van der Waals surface area contributed by atoms with Crippen molar-refractivity contribution < 1.29 is 13.9 Å². The molecule has 134 valence electrons. The van der Waals surface area contributed by atoms with E-state index in [9.17, 15) is 4.79 Å². The molecule has 0 amide bonds. The number of ketones is 1. The van der Waals surface area contributed by atoms with Crippen LogP contribution < -0.4 is 4.74 Å². The molecule has 3 rings (SSSR count). The average molecular weight is 368 g/mol. The number of rotatable bonds is 7. The fraction of sp³-hybridized carbons (Fsp3) is 0.250. The molecule has 0 unspecified atom stereocenters. The van der Waals surface area contributed by atoms with Crippen LogP contribution >= 0.6 is 11.8 Å². The molecule has 0 bridgehead atoms. The Bertz CT molecular complexity index is 890. The predicted molar refractivity (Wildman–Crippen MR) is 102 cm³/mol. The summed E-state index contributed by atoms with van der Waals surface area (Å²) in [6.07, 6.45) is 0. The van der Waals surface area contributed by atoms with Gasteiger partial charge in [0.2, 0.25) is 5.89 Å². The zero-order chi connectivity index (χ0) is 18.5. The molecule has 2 aromatic carbocycles. The smallest absolute Gasteiger partial charge is 0.277 e. The Balaban J connectivity index is 1.69. The highest BCUT2D eigenvalue weighted by atomic mass is 32.2. The maximum absolute atomic E-state index is 12.6. The number of aryl methyl sites for hydroxylation is 1.